The molecule has 0 N–H and O–H groups in total. The van der Waals surface area contributed by atoms with Gasteiger partial charge in [0.1, 0.15) is 11.5 Å². The lowest BCUT2D eigenvalue weighted by Gasteiger charge is -2.37. The van der Waals surface area contributed by atoms with Gasteiger partial charge in [0.15, 0.2) is 0 Å². The summed E-state index contributed by atoms with van der Waals surface area (Å²) >= 11 is 0. The topological polar surface area (TPSA) is 70.2 Å². The molecule has 174 valence electrons. The molecule has 2 heterocycles. The lowest BCUT2D eigenvalue weighted by atomic mass is 9.87. The summed E-state index contributed by atoms with van der Waals surface area (Å²) in [5.74, 6) is -0.881. The molecule has 3 amide bonds. The van der Waals surface area contributed by atoms with Crippen molar-refractivity contribution in [2.24, 2.45) is 11.8 Å². The number of hydrogen-bond donors (Lipinski definition) is 0. The standard InChI is InChI=1S/C25H28FN3O4/c1-17-15-27(13-14-28-24(31)20-7-3-4-8-21(20)25(28)32)12-11-19(17)16-33-29(18(2)30)23-10-6-5-9-22(23)26/h3-10,17,19H,11-16H2,1-2H3. The Morgan fingerprint density at radius 2 is 1.70 bits per heavy atom. The molecule has 2 aliphatic rings. The Hall–Kier alpha value is -3.10. The molecule has 8 heteroatoms. The zero-order valence-corrected chi connectivity index (χ0v) is 18.9. The zero-order chi connectivity index (χ0) is 23.5. The number of rotatable bonds is 7. The first-order valence-electron chi connectivity index (χ1n) is 11.2. The Morgan fingerprint density at radius 1 is 1.06 bits per heavy atom. The Labute approximate surface area is 192 Å². The molecule has 2 aliphatic heterocycles. The summed E-state index contributed by atoms with van der Waals surface area (Å²) in [5, 5.41) is 1.02. The maximum absolute atomic E-state index is 14.1. The number of hydroxylamine groups is 1. The number of anilines is 1. The number of imide groups is 1. The van der Waals surface area contributed by atoms with Gasteiger partial charge >= 0.3 is 0 Å². The van der Waals surface area contributed by atoms with Crippen molar-refractivity contribution in [3.63, 3.8) is 0 Å². The van der Waals surface area contributed by atoms with E-state index in [1.165, 1.54) is 24.0 Å². The SMILES string of the molecule is CC(=O)N(OCC1CCN(CCN2C(=O)c3ccccc3C2=O)CC1C)c1ccccc1F. The van der Waals surface area contributed by atoms with Gasteiger partial charge in [0.25, 0.3) is 11.8 Å². The normalized spacial score (nSPS) is 20.8. The third-order valence-electron chi connectivity index (χ3n) is 6.46. The molecule has 7 nitrogen and oxygen atoms in total. The monoisotopic (exact) mass is 453 g/mol. The maximum Gasteiger partial charge on any atom is 0.261 e. The van der Waals surface area contributed by atoms with E-state index in [1.54, 1.807) is 36.4 Å². The number of carbonyl (C=O) groups excluding carboxylic acids is 3. The first-order valence-corrected chi connectivity index (χ1v) is 11.2. The van der Waals surface area contributed by atoms with Crippen LogP contribution in [-0.4, -0.2) is 60.3 Å². The van der Waals surface area contributed by atoms with Crippen LogP contribution in [0.3, 0.4) is 0 Å². The summed E-state index contributed by atoms with van der Waals surface area (Å²) in [7, 11) is 0. The number of carbonyl (C=O) groups is 3. The highest BCUT2D eigenvalue weighted by Crippen LogP contribution is 2.27. The molecule has 0 aromatic heterocycles. The van der Waals surface area contributed by atoms with E-state index in [0.29, 0.717) is 30.8 Å². The van der Waals surface area contributed by atoms with Gasteiger partial charge in [-0.15, -0.1) is 0 Å². The van der Waals surface area contributed by atoms with Crippen LogP contribution in [0.1, 0.15) is 41.0 Å². The zero-order valence-electron chi connectivity index (χ0n) is 18.9. The van der Waals surface area contributed by atoms with Gasteiger partial charge in [0, 0.05) is 26.6 Å². The highest BCUT2D eigenvalue weighted by atomic mass is 19.1. The van der Waals surface area contributed by atoms with Crippen LogP contribution in [0.5, 0.6) is 0 Å². The number of halogens is 1. The Morgan fingerprint density at radius 3 is 2.30 bits per heavy atom. The van der Waals surface area contributed by atoms with Crippen molar-refractivity contribution in [1.29, 1.82) is 0 Å². The highest BCUT2D eigenvalue weighted by molar-refractivity contribution is 6.21. The van der Waals surface area contributed by atoms with Crippen LogP contribution in [0.2, 0.25) is 0 Å². The van der Waals surface area contributed by atoms with Crippen LogP contribution in [0.25, 0.3) is 0 Å². The van der Waals surface area contributed by atoms with E-state index in [9.17, 15) is 18.8 Å². The number of para-hydroxylation sites is 1. The molecule has 2 aromatic carbocycles. The molecule has 2 aromatic rings. The van der Waals surface area contributed by atoms with Crippen molar-refractivity contribution in [3.05, 3.63) is 65.5 Å². The van der Waals surface area contributed by atoms with E-state index >= 15 is 0 Å². The van der Waals surface area contributed by atoms with Gasteiger partial charge in [-0.3, -0.25) is 24.1 Å². The van der Waals surface area contributed by atoms with Crippen LogP contribution in [0.4, 0.5) is 10.1 Å². The summed E-state index contributed by atoms with van der Waals surface area (Å²) in [6, 6.07) is 12.9. The predicted molar refractivity (Wildman–Crippen MR) is 121 cm³/mol. The minimum atomic E-state index is -0.510. The van der Waals surface area contributed by atoms with E-state index in [1.807, 2.05) is 0 Å². The molecule has 0 bridgehead atoms. The maximum atomic E-state index is 14.1. The van der Waals surface area contributed by atoms with E-state index in [0.717, 1.165) is 24.6 Å². The van der Waals surface area contributed by atoms with Crippen LogP contribution in [0.15, 0.2) is 48.5 Å². The van der Waals surface area contributed by atoms with Gasteiger partial charge < -0.3 is 4.90 Å². The number of piperidine rings is 1. The fourth-order valence-corrected chi connectivity index (χ4v) is 4.53. The van der Waals surface area contributed by atoms with E-state index < -0.39 is 5.82 Å². The molecule has 0 saturated carbocycles. The fourth-order valence-electron chi connectivity index (χ4n) is 4.53. The average molecular weight is 454 g/mol. The van der Waals surface area contributed by atoms with Gasteiger partial charge in [-0.2, -0.15) is 5.06 Å². The van der Waals surface area contributed by atoms with Crippen LogP contribution in [0, 0.1) is 17.7 Å². The molecule has 33 heavy (non-hydrogen) atoms. The van der Waals surface area contributed by atoms with Gasteiger partial charge in [-0.25, -0.2) is 4.39 Å². The summed E-state index contributed by atoms with van der Waals surface area (Å²) in [5.41, 5.74) is 1.05. The minimum absolute atomic E-state index is 0.107. The lowest BCUT2D eigenvalue weighted by molar-refractivity contribution is -0.125. The Kier molecular flexibility index (Phi) is 6.85. The van der Waals surface area contributed by atoms with E-state index in [4.69, 9.17) is 4.84 Å². The first-order chi connectivity index (χ1) is 15.9. The van der Waals surface area contributed by atoms with Crippen molar-refractivity contribution in [2.75, 3.05) is 37.8 Å². The number of nitrogens with zero attached hydrogens (tertiary/aromatic N) is 3. The van der Waals surface area contributed by atoms with Gasteiger partial charge in [-0.1, -0.05) is 31.2 Å². The number of amides is 3. The highest BCUT2D eigenvalue weighted by Gasteiger charge is 2.35. The summed E-state index contributed by atoms with van der Waals surface area (Å²) < 4.78 is 14.1. The second-order valence-corrected chi connectivity index (χ2v) is 8.69. The van der Waals surface area contributed by atoms with Crippen molar-refractivity contribution >= 4 is 23.4 Å². The number of hydrogen-bond acceptors (Lipinski definition) is 5. The molecular formula is C25H28FN3O4. The molecule has 1 saturated heterocycles. The molecule has 0 radical (unpaired) electrons. The predicted octanol–water partition coefficient (Wildman–Crippen LogP) is 3.36. The molecule has 4 rings (SSSR count). The molecule has 1 fully saturated rings. The minimum Gasteiger partial charge on any atom is -0.301 e. The fraction of sp³-hybridized carbons (Fsp3) is 0.400. The van der Waals surface area contributed by atoms with Crippen LogP contribution >= 0.6 is 0 Å². The molecule has 2 unspecified atom stereocenters. The smallest absolute Gasteiger partial charge is 0.261 e. The Bertz CT molecular complexity index is 1020. The van der Waals surface area contributed by atoms with Crippen molar-refractivity contribution in [2.45, 2.75) is 20.3 Å². The summed E-state index contributed by atoms with van der Waals surface area (Å²) in [6.45, 7) is 6.31. The number of fused-ring (bicyclic) bond motifs is 1. The van der Waals surface area contributed by atoms with Gasteiger partial charge in [0.05, 0.1) is 17.7 Å². The first kappa shape index (κ1) is 23.1. The lowest BCUT2D eigenvalue weighted by Crippen LogP contribution is -2.45. The van der Waals surface area contributed by atoms with Crippen LogP contribution < -0.4 is 5.06 Å². The summed E-state index contributed by atoms with van der Waals surface area (Å²) in [6.07, 6.45) is 0.840. The van der Waals surface area contributed by atoms with Gasteiger partial charge in [0.2, 0.25) is 5.91 Å². The summed E-state index contributed by atoms with van der Waals surface area (Å²) in [4.78, 5) is 46.4. The molecule has 0 spiro atoms. The molecular weight excluding hydrogens is 425 g/mol. The van der Waals surface area contributed by atoms with Crippen molar-refractivity contribution < 1.29 is 23.6 Å². The third kappa shape index (κ3) is 4.82. The van der Waals surface area contributed by atoms with Crippen molar-refractivity contribution in [1.82, 2.24) is 9.80 Å². The van der Waals surface area contributed by atoms with E-state index in [-0.39, 0.29) is 35.2 Å². The second kappa shape index (κ2) is 9.80. The third-order valence-corrected chi connectivity index (χ3v) is 6.46. The largest absolute Gasteiger partial charge is 0.301 e. The quantitative estimate of drug-likeness (QED) is 0.475. The van der Waals surface area contributed by atoms with Gasteiger partial charge in [-0.05, 0) is 49.1 Å². The Balaban J connectivity index is 1.29. The van der Waals surface area contributed by atoms with Crippen LogP contribution in [-0.2, 0) is 9.63 Å². The molecule has 0 aliphatic carbocycles. The number of benzene rings is 2. The second-order valence-electron chi connectivity index (χ2n) is 8.69. The van der Waals surface area contributed by atoms with E-state index in [2.05, 4.69) is 11.8 Å². The molecule has 2 atom stereocenters. The number of likely N-dealkylation sites (tertiary alicyclic amines) is 1. The van der Waals surface area contributed by atoms with Crippen molar-refractivity contribution in [3.8, 4) is 0 Å². The average Bonchev–Trinajstić information content (AvgIpc) is 3.04.